The summed E-state index contributed by atoms with van der Waals surface area (Å²) in [7, 11) is 0. The molecule has 0 unspecified atom stereocenters. The van der Waals surface area contributed by atoms with E-state index in [1.54, 1.807) is 0 Å². The van der Waals surface area contributed by atoms with E-state index in [1.807, 2.05) is 0 Å². The van der Waals surface area contributed by atoms with E-state index in [-0.39, 0.29) is 25.2 Å². The van der Waals surface area contributed by atoms with Crippen LogP contribution in [-0.2, 0) is 19.1 Å². The number of carbonyl (C=O) groups is 2. The Morgan fingerprint density at radius 2 is 0.909 bits per heavy atom. The van der Waals surface area contributed by atoms with E-state index in [2.05, 4.69) is 38.2 Å². The summed E-state index contributed by atoms with van der Waals surface area (Å²) in [5.41, 5.74) is 0. The molecule has 5 nitrogen and oxygen atoms in total. The van der Waals surface area contributed by atoms with Gasteiger partial charge < -0.3 is 14.6 Å². The molecule has 0 spiro atoms. The number of esters is 2. The first kappa shape index (κ1) is 42.4. The van der Waals surface area contributed by atoms with Gasteiger partial charge in [-0.15, -0.1) is 0 Å². The molecule has 5 heteroatoms. The molecule has 0 aromatic heterocycles. The lowest BCUT2D eigenvalue weighted by Gasteiger charge is -2.15. The Morgan fingerprint density at radius 1 is 0.523 bits per heavy atom. The number of aliphatic hydroxyl groups excluding tert-OH is 1. The summed E-state index contributed by atoms with van der Waals surface area (Å²) in [5, 5.41) is 9.52. The van der Waals surface area contributed by atoms with Crippen molar-refractivity contribution in [3.8, 4) is 0 Å². The van der Waals surface area contributed by atoms with Crippen LogP contribution in [0.15, 0.2) is 24.3 Å². The van der Waals surface area contributed by atoms with Crippen molar-refractivity contribution in [3.05, 3.63) is 24.3 Å². The Labute approximate surface area is 273 Å². The van der Waals surface area contributed by atoms with Gasteiger partial charge in [0.2, 0.25) is 0 Å². The minimum absolute atomic E-state index is 0.0642. The van der Waals surface area contributed by atoms with Gasteiger partial charge in [0.1, 0.15) is 6.61 Å². The molecule has 0 aliphatic heterocycles. The van der Waals surface area contributed by atoms with Gasteiger partial charge in [-0.25, -0.2) is 0 Å². The average Bonchev–Trinajstić information content (AvgIpc) is 3.02. The van der Waals surface area contributed by atoms with Gasteiger partial charge in [-0.2, -0.15) is 0 Å². The standard InChI is InChI=1S/C39H72O5/c1-3-5-7-9-11-13-15-16-17-18-19-20-21-22-24-25-27-29-31-33-38(41)43-36-37(35-40)44-39(42)34-32-30-28-26-23-14-12-10-8-6-4-2/h11,13,16-17,37,40H,3-10,12,14-15,18-36H2,1-2H3/b13-11+,17-16+/t37-/m0/s1. The average molecular weight is 621 g/mol. The van der Waals surface area contributed by atoms with Crippen molar-refractivity contribution in [2.75, 3.05) is 13.2 Å². The number of ether oxygens (including phenoxy) is 2. The summed E-state index contributed by atoms with van der Waals surface area (Å²) >= 11 is 0. The van der Waals surface area contributed by atoms with Crippen LogP contribution in [0.5, 0.6) is 0 Å². The van der Waals surface area contributed by atoms with E-state index in [1.165, 1.54) is 122 Å². The normalized spacial score (nSPS) is 12.3. The van der Waals surface area contributed by atoms with Crippen molar-refractivity contribution >= 4 is 11.9 Å². The molecule has 0 saturated heterocycles. The predicted octanol–water partition coefficient (Wildman–Crippen LogP) is 11.5. The molecule has 0 aromatic carbocycles. The van der Waals surface area contributed by atoms with Gasteiger partial charge in [0.05, 0.1) is 6.61 Å². The highest BCUT2D eigenvalue weighted by Crippen LogP contribution is 2.14. The summed E-state index contributed by atoms with van der Waals surface area (Å²) in [5.74, 6) is -0.591. The zero-order chi connectivity index (χ0) is 32.2. The Bertz CT molecular complexity index is 671. The second kappa shape index (κ2) is 35.9. The maximum absolute atomic E-state index is 12.1. The maximum Gasteiger partial charge on any atom is 0.306 e. The summed E-state index contributed by atoms with van der Waals surface area (Å²) in [6.07, 6.45) is 40.9. The zero-order valence-corrected chi connectivity index (χ0v) is 29.2. The van der Waals surface area contributed by atoms with E-state index >= 15 is 0 Å². The number of allylic oxidation sites excluding steroid dienone is 4. The molecule has 0 aromatic rings. The number of rotatable bonds is 34. The lowest BCUT2D eigenvalue weighted by Crippen LogP contribution is -2.28. The Kier molecular flexibility index (Phi) is 34.5. The van der Waals surface area contributed by atoms with Crippen LogP contribution >= 0.6 is 0 Å². The zero-order valence-electron chi connectivity index (χ0n) is 29.2. The van der Waals surface area contributed by atoms with Gasteiger partial charge >= 0.3 is 11.9 Å². The molecule has 1 atom stereocenters. The number of unbranched alkanes of at least 4 members (excludes halogenated alkanes) is 22. The topological polar surface area (TPSA) is 72.8 Å². The quantitative estimate of drug-likeness (QED) is 0.0440. The highest BCUT2D eigenvalue weighted by Gasteiger charge is 2.16. The predicted molar refractivity (Wildman–Crippen MR) is 187 cm³/mol. The second-order valence-corrected chi connectivity index (χ2v) is 12.7. The molecule has 0 fully saturated rings. The fraction of sp³-hybridized carbons (Fsp3) is 0.846. The van der Waals surface area contributed by atoms with Crippen LogP contribution in [0, 0.1) is 0 Å². The van der Waals surface area contributed by atoms with Gasteiger partial charge in [-0.3, -0.25) is 9.59 Å². The molecule has 0 saturated carbocycles. The first-order chi connectivity index (χ1) is 21.6. The SMILES string of the molecule is CCCCC/C=C/C/C=C/CCCCCCCCCCCC(=O)OC[C@H](CO)OC(=O)CCCCCCCCCCCCC. The van der Waals surface area contributed by atoms with Crippen LogP contribution in [0.2, 0.25) is 0 Å². The first-order valence-electron chi connectivity index (χ1n) is 18.9. The molecule has 0 aliphatic rings. The van der Waals surface area contributed by atoms with Crippen molar-refractivity contribution in [3.63, 3.8) is 0 Å². The lowest BCUT2D eigenvalue weighted by atomic mass is 10.1. The summed E-state index contributed by atoms with van der Waals surface area (Å²) in [6.45, 7) is 4.10. The third kappa shape index (κ3) is 33.3. The summed E-state index contributed by atoms with van der Waals surface area (Å²) in [6, 6.07) is 0. The highest BCUT2D eigenvalue weighted by molar-refractivity contribution is 5.70. The number of carbonyl (C=O) groups excluding carboxylic acids is 2. The maximum atomic E-state index is 12.1. The van der Waals surface area contributed by atoms with Crippen LogP contribution in [-0.4, -0.2) is 36.4 Å². The monoisotopic (exact) mass is 621 g/mol. The molecule has 258 valence electrons. The number of aliphatic hydroxyl groups is 1. The molecule has 0 radical (unpaired) electrons. The van der Waals surface area contributed by atoms with Crippen molar-refractivity contribution in [2.24, 2.45) is 0 Å². The fourth-order valence-electron chi connectivity index (χ4n) is 5.35. The molecule has 0 rings (SSSR count). The Balaban J connectivity index is 3.53. The molecule has 0 bridgehead atoms. The molecule has 0 aliphatic carbocycles. The molecule has 0 amide bonds. The largest absolute Gasteiger partial charge is 0.462 e. The smallest absolute Gasteiger partial charge is 0.306 e. The fourth-order valence-corrected chi connectivity index (χ4v) is 5.35. The Morgan fingerprint density at radius 3 is 1.39 bits per heavy atom. The van der Waals surface area contributed by atoms with E-state index in [4.69, 9.17) is 9.47 Å². The van der Waals surface area contributed by atoms with Crippen LogP contribution in [0.25, 0.3) is 0 Å². The van der Waals surface area contributed by atoms with Crippen molar-refractivity contribution < 1.29 is 24.2 Å². The minimum atomic E-state index is -0.766. The number of hydrogen-bond acceptors (Lipinski definition) is 5. The number of hydrogen-bond donors (Lipinski definition) is 1. The summed E-state index contributed by atoms with van der Waals surface area (Å²) in [4.78, 5) is 24.2. The van der Waals surface area contributed by atoms with E-state index < -0.39 is 6.10 Å². The van der Waals surface area contributed by atoms with Gasteiger partial charge in [0, 0.05) is 12.8 Å². The second-order valence-electron chi connectivity index (χ2n) is 12.7. The minimum Gasteiger partial charge on any atom is -0.462 e. The van der Waals surface area contributed by atoms with Crippen molar-refractivity contribution in [1.29, 1.82) is 0 Å². The molecular weight excluding hydrogens is 548 g/mol. The molecule has 1 N–H and O–H groups in total. The first-order valence-corrected chi connectivity index (χ1v) is 18.9. The molecule has 0 heterocycles. The van der Waals surface area contributed by atoms with Crippen LogP contribution in [0.1, 0.15) is 194 Å². The van der Waals surface area contributed by atoms with Gasteiger partial charge in [0.15, 0.2) is 6.10 Å². The van der Waals surface area contributed by atoms with E-state index in [0.717, 1.165) is 44.9 Å². The van der Waals surface area contributed by atoms with E-state index in [9.17, 15) is 14.7 Å². The molecular formula is C39H72O5. The summed E-state index contributed by atoms with van der Waals surface area (Å²) < 4.78 is 10.6. The van der Waals surface area contributed by atoms with Crippen LogP contribution in [0.4, 0.5) is 0 Å². The lowest BCUT2D eigenvalue weighted by molar-refractivity contribution is -0.161. The van der Waals surface area contributed by atoms with Gasteiger partial charge in [0.25, 0.3) is 0 Å². The third-order valence-corrected chi connectivity index (χ3v) is 8.25. The van der Waals surface area contributed by atoms with E-state index in [0.29, 0.717) is 12.8 Å². The Hall–Kier alpha value is -1.62. The highest BCUT2D eigenvalue weighted by atomic mass is 16.6. The third-order valence-electron chi connectivity index (χ3n) is 8.25. The van der Waals surface area contributed by atoms with Crippen molar-refractivity contribution in [2.45, 2.75) is 200 Å². The van der Waals surface area contributed by atoms with Crippen LogP contribution < -0.4 is 0 Å². The van der Waals surface area contributed by atoms with Crippen molar-refractivity contribution in [1.82, 2.24) is 0 Å². The van der Waals surface area contributed by atoms with Crippen LogP contribution in [0.3, 0.4) is 0 Å². The molecule has 44 heavy (non-hydrogen) atoms. The van der Waals surface area contributed by atoms with Gasteiger partial charge in [-0.1, -0.05) is 160 Å². The van der Waals surface area contributed by atoms with Gasteiger partial charge in [-0.05, 0) is 44.9 Å².